The molecule has 0 aliphatic carbocycles. The van der Waals surface area contributed by atoms with Crippen LogP contribution in [-0.4, -0.2) is 46.7 Å². The van der Waals surface area contributed by atoms with Gasteiger partial charge in [0.15, 0.2) is 0 Å². The van der Waals surface area contributed by atoms with Crippen molar-refractivity contribution in [2.24, 2.45) is 0 Å². The number of aryl methyl sites for hydroxylation is 1. The van der Waals surface area contributed by atoms with Crippen LogP contribution in [0, 0.1) is 6.92 Å². The molecule has 1 aromatic heterocycles. The number of urea groups is 1. The van der Waals surface area contributed by atoms with E-state index in [0.29, 0.717) is 6.54 Å². The second kappa shape index (κ2) is 3.56. The molecule has 0 saturated carbocycles. The Bertz CT molecular complexity index is 383. The Morgan fingerprint density at radius 3 is 2.93 bits per heavy atom. The number of fused-ring (bicyclic) bond motifs is 1. The Morgan fingerprint density at radius 2 is 2.27 bits per heavy atom. The van der Waals surface area contributed by atoms with Crippen LogP contribution in [0.25, 0.3) is 0 Å². The van der Waals surface area contributed by atoms with E-state index < -0.39 is 0 Å². The molecule has 5 heteroatoms. The molecule has 0 atom stereocenters. The first-order valence-electron chi connectivity index (χ1n) is 5.08. The number of aromatic amines is 1. The predicted octanol–water partition coefficient (Wildman–Crippen LogP) is 0.758. The fourth-order valence-corrected chi connectivity index (χ4v) is 1.93. The Labute approximate surface area is 89.1 Å². The third kappa shape index (κ3) is 1.69. The molecule has 0 unspecified atom stereocenters. The van der Waals surface area contributed by atoms with Crippen molar-refractivity contribution in [2.75, 3.05) is 20.6 Å². The molecule has 0 aromatic carbocycles. The average molecular weight is 208 g/mol. The second-order valence-electron chi connectivity index (χ2n) is 4.11. The molecule has 0 bridgehead atoms. The zero-order valence-electron chi connectivity index (χ0n) is 9.37. The van der Waals surface area contributed by atoms with Gasteiger partial charge in [-0.1, -0.05) is 0 Å². The van der Waals surface area contributed by atoms with Gasteiger partial charge in [0, 0.05) is 20.6 Å². The molecular formula is C10H16N4O. The summed E-state index contributed by atoms with van der Waals surface area (Å²) in [6.45, 7) is 3.43. The maximum Gasteiger partial charge on any atom is 0.319 e. The van der Waals surface area contributed by atoms with E-state index in [4.69, 9.17) is 0 Å². The Morgan fingerprint density at radius 1 is 1.53 bits per heavy atom. The van der Waals surface area contributed by atoms with Crippen LogP contribution in [0.4, 0.5) is 4.79 Å². The summed E-state index contributed by atoms with van der Waals surface area (Å²) in [4.78, 5) is 15.2. The monoisotopic (exact) mass is 208 g/mol. The number of aromatic nitrogens is 2. The lowest BCUT2D eigenvalue weighted by molar-refractivity contribution is 0.165. The highest BCUT2D eigenvalue weighted by atomic mass is 16.2. The summed E-state index contributed by atoms with van der Waals surface area (Å²) in [5.74, 6) is 0. The van der Waals surface area contributed by atoms with Crippen LogP contribution in [0.1, 0.15) is 17.0 Å². The van der Waals surface area contributed by atoms with E-state index in [-0.39, 0.29) is 6.03 Å². The molecule has 0 radical (unpaired) electrons. The van der Waals surface area contributed by atoms with E-state index in [1.54, 1.807) is 19.0 Å². The van der Waals surface area contributed by atoms with E-state index in [1.165, 1.54) is 5.56 Å². The van der Waals surface area contributed by atoms with E-state index >= 15 is 0 Å². The molecule has 1 aliphatic rings. The Hall–Kier alpha value is -1.52. The maximum absolute atomic E-state index is 11.7. The molecule has 2 heterocycles. The summed E-state index contributed by atoms with van der Waals surface area (Å²) in [7, 11) is 3.55. The minimum Gasteiger partial charge on any atom is -0.331 e. The van der Waals surface area contributed by atoms with Crippen LogP contribution < -0.4 is 0 Å². The first kappa shape index (κ1) is 10.0. The smallest absolute Gasteiger partial charge is 0.319 e. The number of carbonyl (C=O) groups is 1. The molecule has 5 nitrogen and oxygen atoms in total. The summed E-state index contributed by atoms with van der Waals surface area (Å²) in [5.41, 5.74) is 3.41. The molecule has 1 N–H and O–H groups in total. The predicted molar refractivity (Wildman–Crippen MR) is 56.5 cm³/mol. The second-order valence-corrected chi connectivity index (χ2v) is 4.11. The van der Waals surface area contributed by atoms with Gasteiger partial charge < -0.3 is 9.80 Å². The average Bonchev–Trinajstić information content (AvgIpc) is 2.59. The van der Waals surface area contributed by atoms with Gasteiger partial charge in [0.25, 0.3) is 0 Å². The van der Waals surface area contributed by atoms with Crippen molar-refractivity contribution >= 4 is 6.03 Å². The number of nitrogens with zero attached hydrogens (tertiary/aromatic N) is 3. The Kier molecular flexibility index (Phi) is 2.38. The lowest BCUT2D eigenvalue weighted by atomic mass is 10.1. The van der Waals surface area contributed by atoms with Crippen LogP contribution in [0.15, 0.2) is 0 Å². The van der Waals surface area contributed by atoms with Crippen LogP contribution in [0.5, 0.6) is 0 Å². The molecule has 1 aromatic rings. The highest BCUT2D eigenvalue weighted by Gasteiger charge is 2.24. The van der Waals surface area contributed by atoms with E-state index in [0.717, 1.165) is 24.4 Å². The summed E-state index contributed by atoms with van der Waals surface area (Å²) < 4.78 is 0. The maximum atomic E-state index is 11.7. The van der Waals surface area contributed by atoms with Crippen molar-refractivity contribution in [3.8, 4) is 0 Å². The van der Waals surface area contributed by atoms with Gasteiger partial charge >= 0.3 is 6.03 Å². The molecule has 2 rings (SSSR count). The van der Waals surface area contributed by atoms with E-state index in [1.807, 2.05) is 11.8 Å². The van der Waals surface area contributed by atoms with Crippen molar-refractivity contribution in [1.82, 2.24) is 20.0 Å². The molecule has 0 saturated heterocycles. The van der Waals surface area contributed by atoms with E-state index in [2.05, 4.69) is 10.2 Å². The zero-order valence-corrected chi connectivity index (χ0v) is 9.37. The van der Waals surface area contributed by atoms with Gasteiger partial charge in [-0.05, 0) is 18.9 Å². The van der Waals surface area contributed by atoms with Crippen molar-refractivity contribution < 1.29 is 4.79 Å². The third-order valence-corrected chi connectivity index (χ3v) is 2.79. The SMILES string of the molecule is Cc1n[nH]c2c1CCN(C(=O)N(C)C)C2. The van der Waals surface area contributed by atoms with Crippen molar-refractivity contribution in [3.05, 3.63) is 17.0 Å². The molecule has 2 amide bonds. The van der Waals surface area contributed by atoms with Gasteiger partial charge in [0.1, 0.15) is 0 Å². The normalized spacial score (nSPS) is 15.0. The summed E-state index contributed by atoms with van der Waals surface area (Å²) >= 11 is 0. The summed E-state index contributed by atoms with van der Waals surface area (Å²) in [5, 5.41) is 7.15. The first-order valence-corrected chi connectivity index (χ1v) is 5.08. The van der Waals surface area contributed by atoms with Gasteiger partial charge in [-0.2, -0.15) is 5.10 Å². The van der Waals surface area contributed by atoms with Gasteiger partial charge in [0.2, 0.25) is 0 Å². The largest absolute Gasteiger partial charge is 0.331 e. The van der Waals surface area contributed by atoms with Crippen LogP contribution >= 0.6 is 0 Å². The molecule has 15 heavy (non-hydrogen) atoms. The minimum atomic E-state index is 0.0629. The lowest BCUT2D eigenvalue weighted by Gasteiger charge is -2.29. The van der Waals surface area contributed by atoms with Gasteiger partial charge in [-0.25, -0.2) is 4.79 Å². The topological polar surface area (TPSA) is 52.2 Å². The molecule has 0 fully saturated rings. The number of hydrogen-bond acceptors (Lipinski definition) is 2. The third-order valence-electron chi connectivity index (χ3n) is 2.79. The molecule has 0 spiro atoms. The lowest BCUT2D eigenvalue weighted by Crippen LogP contribution is -2.42. The number of carbonyl (C=O) groups excluding carboxylic acids is 1. The summed E-state index contributed by atoms with van der Waals surface area (Å²) in [6, 6.07) is 0.0629. The number of hydrogen-bond donors (Lipinski definition) is 1. The number of nitrogens with one attached hydrogen (secondary N) is 1. The van der Waals surface area contributed by atoms with Crippen molar-refractivity contribution in [2.45, 2.75) is 19.9 Å². The van der Waals surface area contributed by atoms with Crippen molar-refractivity contribution in [3.63, 3.8) is 0 Å². The van der Waals surface area contributed by atoms with E-state index in [9.17, 15) is 4.79 Å². The fraction of sp³-hybridized carbons (Fsp3) is 0.600. The minimum absolute atomic E-state index is 0.0629. The van der Waals surface area contributed by atoms with Crippen molar-refractivity contribution in [1.29, 1.82) is 0 Å². The number of H-pyrrole nitrogens is 1. The molecular weight excluding hydrogens is 192 g/mol. The quantitative estimate of drug-likeness (QED) is 0.684. The first-order chi connectivity index (χ1) is 7.09. The fourth-order valence-electron chi connectivity index (χ4n) is 1.93. The standard InChI is InChI=1S/C10H16N4O/c1-7-8-4-5-14(10(15)13(2)3)6-9(8)12-11-7/h4-6H2,1-3H3,(H,11,12). The van der Waals surface area contributed by atoms with Gasteiger partial charge in [0.05, 0.1) is 17.9 Å². The van der Waals surface area contributed by atoms with Gasteiger partial charge in [-0.3, -0.25) is 5.10 Å². The molecule has 82 valence electrons. The van der Waals surface area contributed by atoms with Crippen LogP contribution in [0.2, 0.25) is 0 Å². The zero-order chi connectivity index (χ0) is 11.0. The van der Waals surface area contributed by atoms with Gasteiger partial charge in [-0.15, -0.1) is 0 Å². The highest BCUT2D eigenvalue weighted by Crippen LogP contribution is 2.19. The van der Waals surface area contributed by atoms with Crippen LogP contribution in [-0.2, 0) is 13.0 Å². The highest BCUT2D eigenvalue weighted by molar-refractivity contribution is 5.74. The number of amides is 2. The summed E-state index contributed by atoms with van der Waals surface area (Å²) in [6.07, 6.45) is 0.900. The number of rotatable bonds is 0. The Balaban J connectivity index is 2.16. The molecule has 1 aliphatic heterocycles. The van der Waals surface area contributed by atoms with Crippen LogP contribution in [0.3, 0.4) is 0 Å².